The summed E-state index contributed by atoms with van der Waals surface area (Å²) in [7, 11) is 0. The highest BCUT2D eigenvalue weighted by Gasteiger charge is 2.32. The molecule has 5 rings (SSSR count). The van der Waals surface area contributed by atoms with Crippen LogP contribution in [0.25, 0.3) is 5.69 Å². The molecule has 43 heavy (non-hydrogen) atoms. The Kier molecular flexibility index (Phi) is 8.76. The van der Waals surface area contributed by atoms with Gasteiger partial charge in [-0.1, -0.05) is 23.7 Å². The van der Waals surface area contributed by atoms with Gasteiger partial charge in [0.05, 0.1) is 46.7 Å². The molecule has 1 N–H and O–H groups in total. The van der Waals surface area contributed by atoms with Crippen LogP contribution in [0.1, 0.15) is 64.5 Å². The Hall–Kier alpha value is -4.33. The Balaban J connectivity index is 1.54. The van der Waals surface area contributed by atoms with Gasteiger partial charge in [0, 0.05) is 23.1 Å². The number of amides is 2. The van der Waals surface area contributed by atoms with Crippen LogP contribution in [0.15, 0.2) is 76.0 Å². The lowest BCUT2D eigenvalue weighted by atomic mass is 10.1. The van der Waals surface area contributed by atoms with E-state index in [9.17, 15) is 14.4 Å². The van der Waals surface area contributed by atoms with Crippen molar-refractivity contribution in [3.05, 3.63) is 115 Å². The van der Waals surface area contributed by atoms with Gasteiger partial charge in [0.2, 0.25) is 0 Å². The predicted molar refractivity (Wildman–Crippen MR) is 167 cm³/mol. The molecule has 11 heteroatoms. The quantitative estimate of drug-likeness (QED) is 0.267. The van der Waals surface area contributed by atoms with Crippen molar-refractivity contribution in [2.75, 3.05) is 6.54 Å². The van der Waals surface area contributed by atoms with E-state index in [1.165, 1.54) is 4.57 Å². The van der Waals surface area contributed by atoms with Gasteiger partial charge in [0.25, 0.3) is 11.8 Å². The molecule has 0 spiro atoms. The number of carbonyl (C=O) groups excluding carboxylic acids is 2. The summed E-state index contributed by atoms with van der Waals surface area (Å²) in [4.78, 5) is 42.9. The van der Waals surface area contributed by atoms with Crippen molar-refractivity contribution >= 4 is 39.3 Å². The van der Waals surface area contributed by atoms with Crippen LogP contribution in [0.3, 0.4) is 0 Å². The van der Waals surface area contributed by atoms with Crippen LogP contribution in [0.5, 0.6) is 5.75 Å². The molecule has 0 bridgehead atoms. The SMILES string of the molecule is CC(C)Oc1ccc(-n2c(C(=O)NC(C)c3ccc(C#N)cc3)c3n(c2=O)CCN(C(=O)c2ccc(Br)c(Cl)c2)C3)cc1. The Morgan fingerprint density at radius 2 is 1.72 bits per heavy atom. The van der Waals surface area contributed by atoms with Gasteiger partial charge in [-0.15, -0.1) is 0 Å². The molecule has 1 aliphatic heterocycles. The maximum atomic E-state index is 14.0. The number of aromatic nitrogens is 2. The number of nitrogens with one attached hydrogen (secondary N) is 1. The topological polar surface area (TPSA) is 109 Å². The summed E-state index contributed by atoms with van der Waals surface area (Å²) in [5, 5.41) is 12.5. The van der Waals surface area contributed by atoms with Crippen LogP contribution >= 0.6 is 27.5 Å². The molecule has 0 saturated carbocycles. The number of halogens is 2. The summed E-state index contributed by atoms with van der Waals surface area (Å²) in [6.07, 6.45) is -0.0236. The normalized spacial score (nSPS) is 13.3. The van der Waals surface area contributed by atoms with Gasteiger partial charge < -0.3 is 15.0 Å². The number of hydrogen-bond donors (Lipinski definition) is 1. The van der Waals surface area contributed by atoms with E-state index in [1.807, 2.05) is 20.8 Å². The van der Waals surface area contributed by atoms with Crippen LogP contribution in [-0.2, 0) is 13.1 Å². The van der Waals surface area contributed by atoms with Crippen molar-refractivity contribution in [1.82, 2.24) is 19.4 Å². The number of hydrogen-bond acceptors (Lipinski definition) is 5. The molecule has 2 heterocycles. The lowest BCUT2D eigenvalue weighted by Gasteiger charge is -2.28. The first-order valence-electron chi connectivity index (χ1n) is 13.7. The number of carbonyl (C=O) groups is 2. The monoisotopic (exact) mass is 661 g/mol. The van der Waals surface area contributed by atoms with Gasteiger partial charge in [-0.25, -0.2) is 4.79 Å². The minimum atomic E-state index is -0.466. The number of ether oxygens (including phenoxy) is 1. The van der Waals surface area contributed by atoms with E-state index in [-0.39, 0.29) is 43.0 Å². The van der Waals surface area contributed by atoms with Gasteiger partial charge in [0.1, 0.15) is 11.4 Å². The Bertz CT molecular complexity index is 1790. The fourth-order valence-electron chi connectivity index (χ4n) is 5.06. The lowest BCUT2D eigenvalue weighted by molar-refractivity contribution is 0.0706. The molecule has 2 amide bonds. The summed E-state index contributed by atoms with van der Waals surface area (Å²) < 4.78 is 9.38. The second-order valence-electron chi connectivity index (χ2n) is 10.5. The molecule has 9 nitrogen and oxygen atoms in total. The molecule has 220 valence electrons. The van der Waals surface area contributed by atoms with Crippen molar-refractivity contribution in [3.63, 3.8) is 0 Å². The molecule has 1 aromatic heterocycles. The lowest BCUT2D eigenvalue weighted by Crippen LogP contribution is -2.41. The van der Waals surface area contributed by atoms with Crippen LogP contribution in [0, 0.1) is 11.3 Å². The third-order valence-electron chi connectivity index (χ3n) is 7.20. The van der Waals surface area contributed by atoms with Crippen LogP contribution in [-0.4, -0.2) is 38.5 Å². The summed E-state index contributed by atoms with van der Waals surface area (Å²) >= 11 is 9.60. The third kappa shape index (κ3) is 6.24. The Labute approximate surface area is 262 Å². The molecular weight excluding hydrogens is 634 g/mol. The third-order valence-corrected chi connectivity index (χ3v) is 8.43. The number of rotatable bonds is 7. The van der Waals surface area contributed by atoms with Crippen LogP contribution < -0.4 is 15.7 Å². The smallest absolute Gasteiger partial charge is 0.333 e. The zero-order valence-electron chi connectivity index (χ0n) is 23.8. The molecule has 0 aliphatic carbocycles. The van der Waals surface area contributed by atoms with Gasteiger partial charge in [-0.05, 0) is 96.9 Å². The summed E-state index contributed by atoms with van der Waals surface area (Å²) in [6.45, 7) is 6.23. The van der Waals surface area contributed by atoms with E-state index < -0.39 is 11.9 Å². The van der Waals surface area contributed by atoms with Crippen LogP contribution in [0.4, 0.5) is 0 Å². The van der Waals surface area contributed by atoms with Crippen LogP contribution in [0.2, 0.25) is 5.02 Å². The van der Waals surface area contributed by atoms with Crippen molar-refractivity contribution in [2.24, 2.45) is 0 Å². The van der Waals surface area contributed by atoms with Crippen molar-refractivity contribution in [3.8, 4) is 17.5 Å². The van der Waals surface area contributed by atoms with Gasteiger partial charge >= 0.3 is 5.69 Å². The standard InChI is InChI=1S/C32H29BrClN5O4/c1-19(2)43-25-11-9-24(10-12-25)39-29(30(40)36-20(3)22-6-4-21(17-35)5-7-22)28-18-37(14-15-38(28)32(39)42)31(41)23-8-13-26(33)27(34)16-23/h4-13,16,19-20H,14-15,18H2,1-3H3,(H,36,40). The maximum Gasteiger partial charge on any atom is 0.333 e. The Morgan fingerprint density at radius 1 is 1.02 bits per heavy atom. The number of benzene rings is 3. The number of nitrogens with zero attached hydrogens (tertiary/aromatic N) is 4. The molecule has 1 unspecified atom stereocenters. The maximum absolute atomic E-state index is 14.0. The van der Waals surface area contributed by atoms with Crippen molar-refractivity contribution in [1.29, 1.82) is 5.26 Å². The number of nitriles is 1. The highest BCUT2D eigenvalue weighted by Crippen LogP contribution is 2.27. The molecule has 3 aromatic carbocycles. The van der Waals surface area contributed by atoms with E-state index in [1.54, 1.807) is 76.2 Å². The zero-order chi connectivity index (χ0) is 30.8. The van der Waals surface area contributed by atoms with Crippen molar-refractivity contribution < 1.29 is 14.3 Å². The van der Waals surface area contributed by atoms with E-state index >= 15 is 0 Å². The summed E-state index contributed by atoms with van der Waals surface area (Å²) in [5.74, 6) is -0.0827. The van der Waals surface area contributed by atoms with E-state index in [2.05, 4.69) is 27.3 Å². The predicted octanol–water partition coefficient (Wildman–Crippen LogP) is 5.86. The van der Waals surface area contributed by atoms with Gasteiger partial charge in [0.15, 0.2) is 0 Å². The van der Waals surface area contributed by atoms with E-state index in [0.29, 0.717) is 37.8 Å². The largest absolute Gasteiger partial charge is 0.491 e. The molecule has 4 aromatic rings. The number of fused-ring (bicyclic) bond motifs is 1. The minimum Gasteiger partial charge on any atom is -0.491 e. The fraction of sp³-hybridized carbons (Fsp3) is 0.250. The first-order valence-corrected chi connectivity index (χ1v) is 14.9. The molecule has 1 atom stereocenters. The molecular formula is C32H29BrClN5O4. The first kappa shape index (κ1) is 30.1. The molecule has 1 aliphatic rings. The van der Waals surface area contributed by atoms with Crippen molar-refractivity contribution in [2.45, 2.75) is 46.0 Å². The zero-order valence-corrected chi connectivity index (χ0v) is 26.1. The fourth-order valence-corrected chi connectivity index (χ4v) is 5.49. The Morgan fingerprint density at radius 3 is 2.35 bits per heavy atom. The highest BCUT2D eigenvalue weighted by molar-refractivity contribution is 9.10. The average Bonchev–Trinajstić information content (AvgIpc) is 3.29. The van der Waals surface area contributed by atoms with Gasteiger partial charge in [-0.2, -0.15) is 5.26 Å². The van der Waals surface area contributed by atoms with Gasteiger partial charge in [-0.3, -0.25) is 18.7 Å². The molecule has 0 radical (unpaired) electrons. The second-order valence-corrected chi connectivity index (χ2v) is 11.8. The summed E-state index contributed by atoms with van der Waals surface area (Å²) in [5.41, 5.74) is 2.42. The second kappa shape index (κ2) is 12.5. The minimum absolute atomic E-state index is 0.0236. The van der Waals surface area contributed by atoms with E-state index in [0.717, 1.165) is 5.56 Å². The molecule has 0 fully saturated rings. The highest BCUT2D eigenvalue weighted by atomic mass is 79.9. The summed E-state index contributed by atoms with van der Waals surface area (Å²) in [6, 6.07) is 20.6. The molecule has 0 saturated heterocycles. The number of imidazole rings is 1. The first-order chi connectivity index (χ1) is 20.6. The van der Waals surface area contributed by atoms with E-state index in [4.69, 9.17) is 21.6 Å². The average molecular weight is 663 g/mol.